The number of nitrogens with zero attached hydrogens (tertiary/aromatic N) is 1. The first kappa shape index (κ1) is 7.68. The van der Waals surface area contributed by atoms with E-state index in [1.807, 2.05) is 0 Å². The van der Waals surface area contributed by atoms with Crippen LogP contribution in [-0.2, 0) is 6.54 Å². The highest BCUT2D eigenvalue weighted by atomic mass is 16.5. The van der Waals surface area contributed by atoms with Crippen molar-refractivity contribution in [1.82, 2.24) is 4.57 Å². The van der Waals surface area contributed by atoms with E-state index in [2.05, 4.69) is 23.8 Å². The Kier molecular flexibility index (Phi) is 1.81. The van der Waals surface area contributed by atoms with E-state index in [1.54, 1.807) is 0 Å². The van der Waals surface area contributed by atoms with Gasteiger partial charge in [-0.1, -0.05) is 6.92 Å². The fraction of sp³-hybridized carbons (Fsp3) is 0.556. The van der Waals surface area contributed by atoms with Crippen LogP contribution in [-0.4, -0.2) is 17.7 Å². The summed E-state index contributed by atoms with van der Waals surface area (Å²) in [6, 6.07) is 2.10. The van der Waals surface area contributed by atoms with Crippen LogP contribution in [0.25, 0.3) is 0 Å². The highest BCUT2D eigenvalue weighted by Gasteiger charge is 2.18. The summed E-state index contributed by atoms with van der Waals surface area (Å²) in [4.78, 5) is 0. The molecular formula is C9H14N2O. The van der Waals surface area contributed by atoms with Crippen molar-refractivity contribution in [1.29, 1.82) is 0 Å². The first-order valence-corrected chi connectivity index (χ1v) is 4.35. The second kappa shape index (κ2) is 2.83. The Labute approximate surface area is 72.1 Å². The molecule has 2 heterocycles. The largest absolute Gasteiger partial charge is 0.477 e. The predicted molar refractivity (Wildman–Crippen MR) is 47.4 cm³/mol. The van der Waals surface area contributed by atoms with Gasteiger partial charge in [-0.25, -0.2) is 0 Å². The Hall–Kier alpha value is -0.960. The van der Waals surface area contributed by atoms with Gasteiger partial charge in [0.15, 0.2) is 5.88 Å². The zero-order valence-electron chi connectivity index (χ0n) is 7.29. The lowest BCUT2D eigenvalue weighted by Gasteiger charge is -2.07. The van der Waals surface area contributed by atoms with Crippen LogP contribution < -0.4 is 10.5 Å². The number of nitrogens with two attached hydrogens (primary N) is 1. The van der Waals surface area contributed by atoms with Crippen molar-refractivity contribution in [3.8, 4) is 5.88 Å². The molecule has 0 saturated carbocycles. The lowest BCUT2D eigenvalue weighted by atomic mass is 10.1. The molecule has 2 N–H and O–H groups in total. The summed E-state index contributed by atoms with van der Waals surface area (Å²) >= 11 is 0. The van der Waals surface area contributed by atoms with Crippen LogP contribution in [0.15, 0.2) is 12.3 Å². The molecule has 1 aromatic heterocycles. The van der Waals surface area contributed by atoms with Crippen LogP contribution >= 0.6 is 0 Å². The number of hydrogen-bond donors (Lipinski definition) is 1. The quantitative estimate of drug-likeness (QED) is 0.710. The van der Waals surface area contributed by atoms with Gasteiger partial charge < -0.3 is 15.0 Å². The molecule has 0 bridgehead atoms. The SMILES string of the molecule is CC(CN)c1ccn2c1OCC2. The van der Waals surface area contributed by atoms with Gasteiger partial charge in [0, 0.05) is 11.8 Å². The van der Waals surface area contributed by atoms with Crippen LogP contribution in [0.5, 0.6) is 5.88 Å². The number of ether oxygens (including phenoxy) is 1. The number of fused-ring (bicyclic) bond motifs is 1. The van der Waals surface area contributed by atoms with Gasteiger partial charge in [0.25, 0.3) is 0 Å². The fourth-order valence-electron chi connectivity index (χ4n) is 1.56. The van der Waals surface area contributed by atoms with Gasteiger partial charge in [0.05, 0.1) is 6.54 Å². The van der Waals surface area contributed by atoms with E-state index in [0.717, 1.165) is 19.0 Å². The molecule has 0 radical (unpaired) electrons. The molecule has 1 atom stereocenters. The van der Waals surface area contributed by atoms with Gasteiger partial charge >= 0.3 is 0 Å². The van der Waals surface area contributed by atoms with Crippen molar-refractivity contribution in [3.05, 3.63) is 17.8 Å². The molecule has 0 amide bonds. The molecule has 1 unspecified atom stereocenters. The monoisotopic (exact) mass is 166 g/mol. The minimum absolute atomic E-state index is 0.402. The number of rotatable bonds is 2. The van der Waals surface area contributed by atoms with Crippen LogP contribution in [0.2, 0.25) is 0 Å². The first-order valence-electron chi connectivity index (χ1n) is 4.35. The average molecular weight is 166 g/mol. The van der Waals surface area contributed by atoms with Gasteiger partial charge in [0.1, 0.15) is 6.61 Å². The summed E-state index contributed by atoms with van der Waals surface area (Å²) in [6.07, 6.45) is 2.07. The fourth-order valence-corrected chi connectivity index (χ4v) is 1.56. The molecule has 3 heteroatoms. The van der Waals surface area contributed by atoms with E-state index in [1.165, 1.54) is 5.56 Å². The van der Waals surface area contributed by atoms with E-state index < -0.39 is 0 Å². The Bertz CT molecular complexity index is 280. The highest BCUT2D eigenvalue weighted by molar-refractivity contribution is 5.33. The summed E-state index contributed by atoms with van der Waals surface area (Å²) in [5, 5.41) is 0. The van der Waals surface area contributed by atoms with Gasteiger partial charge in [0.2, 0.25) is 0 Å². The summed E-state index contributed by atoms with van der Waals surface area (Å²) in [5.74, 6) is 1.42. The molecule has 66 valence electrons. The minimum Gasteiger partial charge on any atom is -0.477 e. The van der Waals surface area contributed by atoms with Crippen LogP contribution in [0.4, 0.5) is 0 Å². The van der Waals surface area contributed by atoms with E-state index >= 15 is 0 Å². The minimum atomic E-state index is 0.402. The maximum Gasteiger partial charge on any atom is 0.197 e. The Morgan fingerprint density at radius 1 is 1.75 bits per heavy atom. The topological polar surface area (TPSA) is 40.2 Å². The molecule has 1 aliphatic heterocycles. The predicted octanol–water partition coefficient (Wildman–Crippen LogP) is 0.943. The molecule has 0 aromatic carbocycles. The molecular weight excluding hydrogens is 152 g/mol. The van der Waals surface area contributed by atoms with Crippen molar-refractivity contribution in [2.75, 3.05) is 13.2 Å². The second-order valence-corrected chi connectivity index (χ2v) is 3.25. The zero-order valence-corrected chi connectivity index (χ0v) is 7.29. The standard InChI is InChI=1S/C9H14N2O/c1-7(6-10)8-2-3-11-4-5-12-9(8)11/h2-3,7H,4-6,10H2,1H3. The third-order valence-corrected chi connectivity index (χ3v) is 2.40. The maximum atomic E-state index is 5.59. The van der Waals surface area contributed by atoms with E-state index in [0.29, 0.717) is 12.5 Å². The Morgan fingerprint density at radius 3 is 3.33 bits per heavy atom. The van der Waals surface area contributed by atoms with Crippen molar-refractivity contribution in [2.24, 2.45) is 5.73 Å². The zero-order chi connectivity index (χ0) is 8.55. The van der Waals surface area contributed by atoms with Crippen molar-refractivity contribution < 1.29 is 4.74 Å². The van der Waals surface area contributed by atoms with Crippen LogP contribution in [0, 0.1) is 0 Å². The smallest absolute Gasteiger partial charge is 0.197 e. The average Bonchev–Trinajstić information content (AvgIpc) is 2.62. The molecule has 0 aliphatic carbocycles. The van der Waals surface area contributed by atoms with Crippen molar-refractivity contribution in [3.63, 3.8) is 0 Å². The van der Waals surface area contributed by atoms with Gasteiger partial charge in [-0.05, 0) is 18.5 Å². The third kappa shape index (κ3) is 1.01. The number of aromatic nitrogens is 1. The van der Waals surface area contributed by atoms with E-state index in [-0.39, 0.29) is 0 Å². The van der Waals surface area contributed by atoms with Gasteiger partial charge in [-0.2, -0.15) is 0 Å². The maximum absolute atomic E-state index is 5.59. The Morgan fingerprint density at radius 2 is 2.58 bits per heavy atom. The Balaban J connectivity index is 2.33. The third-order valence-electron chi connectivity index (χ3n) is 2.40. The molecule has 3 nitrogen and oxygen atoms in total. The summed E-state index contributed by atoms with van der Waals surface area (Å²) in [5.41, 5.74) is 6.84. The molecule has 12 heavy (non-hydrogen) atoms. The number of hydrogen-bond acceptors (Lipinski definition) is 2. The molecule has 2 rings (SSSR count). The van der Waals surface area contributed by atoms with E-state index in [4.69, 9.17) is 10.5 Å². The van der Waals surface area contributed by atoms with Gasteiger partial charge in [-0.3, -0.25) is 0 Å². The van der Waals surface area contributed by atoms with Gasteiger partial charge in [-0.15, -0.1) is 0 Å². The van der Waals surface area contributed by atoms with Crippen LogP contribution in [0.3, 0.4) is 0 Å². The van der Waals surface area contributed by atoms with E-state index in [9.17, 15) is 0 Å². The second-order valence-electron chi connectivity index (χ2n) is 3.25. The molecule has 0 fully saturated rings. The summed E-state index contributed by atoms with van der Waals surface area (Å²) in [6.45, 7) is 4.59. The molecule has 1 aromatic rings. The van der Waals surface area contributed by atoms with Crippen molar-refractivity contribution >= 4 is 0 Å². The summed E-state index contributed by atoms with van der Waals surface area (Å²) in [7, 11) is 0. The van der Waals surface area contributed by atoms with Crippen LogP contribution in [0.1, 0.15) is 18.4 Å². The molecule has 0 spiro atoms. The highest BCUT2D eigenvalue weighted by Crippen LogP contribution is 2.30. The first-order chi connectivity index (χ1) is 5.83. The lowest BCUT2D eigenvalue weighted by molar-refractivity contribution is 0.352. The lowest BCUT2D eigenvalue weighted by Crippen LogP contribution is -2.08. The normalized spacial score (nSPS) is 17.2. The summed E-state index contributed by atoms with van der Waals surface area (Å²) < 4.78 is 7.64. The van der Waals surface area contributed by atoms with Crippen molar-refractivity contribution in [2.45, 2.75) is 19.4 Å². The molecule has 1 aliphatic rings. The molecule has 0 saturated heterocycles.